The summed E-state index contributed by atoms with van der Waals surface area (Å²) >= 11 is 0. The van der Waals surface area contributed by atoms with Gasteiger partial charge in [-0.2, -0.15) is 0 Å². The van der Waals surface area contributed by atoms with Crippen LogP contribution >= 0.6 is 0 Å². The fourth-order valence-corrected chi connectivity index (χ4v) is 6.10. The van der Waals surface area contributed by atoms with Crippen molar-refractivity contribution in [2.75, 3.05) is 13.1 Å². The number of nitrogens with one attached hydrogen (secondary N) is 1. The molecule has 1 amide bonds. The van der Waals surface area contributed by atoms with E-state index in [0.29, 0.717) is 12.6 Å². The number of carbonyl (C=O) groups excluding carboxylic acids is 1. The minimum Gasteiger partial charge on any atom is -0.392 e. The van der Waals surface area contributed by atoms with Crippen molar-refractivity contribution in [1.82, 2.24) is 10.2 Å². The molecule has 3 aromatic carbocycles. The third-order valence-corrected chi connectivity index (χ3v) is 8.30. The molecule has 5 rings (SSSR count). The molecule has 2 aliphatic rings. The molecule has 6 heteroatoms. The summed E-state index contributed by atoms with van der Waals surface area (Å²) in [6, 6.07) is 25.1. The van der Waals surface area contributed by atoms with Gasteiger partial charge in [0.1, 0.15) is 0 Å². The van der Waals surface area contributed by atoms with Crippen molar-refractivity contribution in [3.05, 3.63) is 108 Å². The van der Waals surface area contributed by atoms with Crippen molar-refractivity contribution in [3.8, 4) is 11.1 Å². The number of aliphatic hydroxyl groups is 1. The minimum absolute atomic E-state index is 0.00914. The predicted molar refractivity (Wildman–Crippen MR) is 162 cm³/mol. The SMILES string of the molecule is C=CCN(C[C@H]1C[C@@H](c2ccc(CO)cc2)O[C@@H](c2ccc(-c3ccccc3CNC(C)=O)cc2)O1)C1CCCC1. The fraction of sp³-hybridized carbons (Fsp3) is 0.400. The molecule has 1 saturated carbocycles. The van der Waals surface area contributed by atoms with Gasteiger partial charge in [-0.1, -0.05) is 91.7 Å². The van der Waals surface area contributed by atoms with Gasteiger partial charge in [-0.25, -0.2) is 0 Å². The maximum atomic E-state index is 11.5. The van der Waals surface area contributed by atoms with Crippen LogP contribution in [-0.2, 0) is 27.4 Å². The summed E-state index contributed by atoms with van der Waals surface area (Å²) in [4.78, 5) is 14.0. The maximum absolute atomic E-state index is 11.5. The van der Waals surface area contributed by atoms with Crippen molar-refractivity contribution in [3.63, 3.8) is 0 Å². The summed E-state index contributed by atoms with van der Waals surface area (Å²) in [6.45, 7) is 7.77. The van der Waals surface area contributed by atoms with Crippen LogP contribution in [0.3, 0.4) is 0 Å². The van der Waals surface area contributed by atoms with Crippen molar-refractivity contribution in [1.29, 1.82) is 0 Å². The average molecular weight is 555 g/mol. The highest BCUT2D eigenvalue weighted by Gasteiger charge is 2.34. The quantitative estimate of drug-likeness (QED) is 0.266. The number of rotatable bonds is 11. The number of hydrogen-bond donors (Lipinski definition) is 2. The molecule has 1 aliphatic carbocycles. The fourth-order valence-electron chi connectivity index (χ4n) is 6.10. The van der Waals surface area contributed by atoms with Crippen LogP contribution in [0.15, 0.2) is 85.5 Å². The van der Waals surface area contributed by atoms with E-state index in [1.54, 1.807) is 0 Å². The molecule has 1 saturated heterocycles. The summed E-state index contributed by atoms with van der Waals surface area (Å²) in [5.74, 6) is -0.0450. The predicted octanol–water partition coefficient (Wildman–Crippen LogP) is 6.46. The molecule has 0 spiro atoms. The van der Waals surface area contributed by atoms with E-state index < -0.39 is 6.29 Å². The van der Waals surface area contributed by atoms with E-state index in [0.717, 1.165) is 52.9 Å². The van der Waals surface area contributed by atoms with E-state index in [2.05, 4.69) is 59.3 Å². The Labute approximate surface area is 244 Å². The number of benzene rings is 3. The Morgan fingerprint density at radius 1 is 1.00 bits per heavy atom. The van der Waals surface area contributed by atoms with Gasteiger partial charge in [0, 0.05) is 44.6 Å². The number of carbonyl (C=O) groups is 1. The van der Waals surface area contributed by atoms with E-state index >= 15 is 0 Å². The smallest absolute Gasteiger partial charge is 0.217 e. The van der Waals surface area contributed by atoms with Gasteiger partial charge >= 0.3 is 0 Å². The molecule has 2 N–H and O–H groups in total. The molecule has 216 valence electrons. The van der Waals surface area contributed by atoms with Crippen LogP contribution in [0.2, 0.25) is 0 Å². The van der Waals surface area contributed by atoms with Gasteiger partial charge in [0.15, 0.2) is 6.29 Å². The molecular weight excluding hydrogens is 512 g/mol. The lowest BCUT2D eigenvalue weighted by Crippen LogP contribution is -2.43. The second-order valence-corrected chi connectivity index (χ2v) is 11.2. The Hall–Kier alpha value is -3.29. The molecule has 0 unspecified atom stereocenters. The molecule has 3 atom stereocenters. The first-order chi connectivity index (χ1) is 20.0. The topological polar surface area (TPSA) is 71.0 Å². The van der Waals surface area contributed by atoms with E-state index in [-0.39, 0.29) is 24.7 Å². The molecule has 3 aromatic rings. The molecular formula is C35H42N2O4. The van der Waals surface area contributed by atoms with E-state index in [9.17, 15) is 9.90 Å². The molecule has 6 nitrogen and oxygen atoms in total. The lowest BCUT2D eigenvalue weighted by atomic mass is 9.97. The molecule has 0 aromatic heterocycles. The summed E-state index contributed by atoms with van der Waals surface area (Å²) in [6.07, 6.45) is 7.22. The van der Waals surface area contributed by atoms with Crippen LogP contribution in [0.1, 0.15) is 73.7 Å². The molecule has 1 aliphatic heterocycles. The normalized spacial score (nSPS) is 21.2. The first-order valence-electron chi connectivity index (χ1n) is 14.8. The van der Waals surface area contributed by atoms with Crippen LogP contribution in [0.5, 0.6) is 0 Å². The minimum atomic E-state index is -0.492. The number of aliphatic hydroxyl groups excluding tert-OH is 1. The van der Waals surface area contributed by atoms with Crippen LogP contribution in [0.4, 0.5) is 0 Å². The van der Waals surface area contributed by atoms with Crippen molar-refractivity contribution >= 4 is 5.91 Å². The van der Waals surface area contributed by atoms with Gasteiger partial charge in [-0.3, -0.25) is 9.69 Å². The van der Waals surface area contributed by atoms with Crippen LogP contribution < -0.4 is 5.32 Å². The number of amides is 1. The number of hydrogen-bond acceptors (Lipinski definition) is 5. The third-order valence-electron chi connectivity index (χ3n) is 8.30. The standard InChI is InChI=1S/C35H42N2O4/c1-3-20-37(31-9-5-6-10-31)23-32-21-34(28-14-12-26(24-38)13-15-28)41-35(40-32)29-18-16-27(17-19-29)33-11-7-4-8-30(33)22-36-25(2)39/h3-4,7-8,11-19,31-32,34-35,38H,1,5-6,9-10,20-24H2,2H3,(H,36,39)/t32-,34+,35+/m1/s1. The summed E-state index contributed by atoms with van der Waals surface area (Å²) in [5, 5.41) is 12.4. The van der Waals surface area contributed by atoms with Crippen molar-refractivity contribution in [2.45, 2.75) is 76.7 Å². The van der Waals surface area contributed by atoms with E-state index in [1.807, 2.05) is 36.4 Å². The van der Waals surface area contributed by atoms with E-state index in [1.165, 1.54) is 32.6 Å². The Morgan fingerprint density at radius 3 is 2.39 bits per heavy atom. The largest absolute Gasteiger partial charge is 0.392 e. The monoisotopic (exact) mass is 554 g/mol. The zero-order valence-electron chi connectivity index (χ0n) is 24.0. The molecule has 2 fully saturated rings. The number of nitrogens with zero attached hydrogens (tertiary/aromatic N) is 1. The Balaban J connectivity index is 1.38. The van der Waals surface area contributed by atoms with E-state index in [4.69, 9.17) is 9.47 Å². The molecule has 0 bridgehead atoms. The van der Waals surface area contributed by atoms with Crippen LogP contribution in [0.25, 0.3) is 11.1 Å². The lowest BCUT2D eigenvalue weighted by molar-refractivity contribution is -0.253. The second-order valence-electron chi connectivity index (χ2n) is 11.2. The van der Waals surface area contributed by atoms with Gasteiger partial charge in [0.2, 0.25) is 5.91 Å². The highest BCUT2D eigenvalue weighted by molar-refractivity contribution is 5.74. The third kappa shape index (κ3) is 7.52. The highest BCUT2D eigenvalue weighted by Crippen LogP contribution is 2.39. The van der Waals surface area contributed by atoms with Gasteiger partial charge in [-0.15, -0.1) is 6.58 Å². The van der Waals surface area contributed by atoms with Gasteiger partial charge in [0.25, 0.3) is 0 Å². The zero-order valence-corrected chi connectivity index (χ0v) is 24.0. The molecule has 0 radical (unpaired) electrons. The lowest BCUT2D eigenvalue weighted by Gasteiger charge is -2.39. The van der Waals surface area contributed by atoms with Gasteiger partial charge in [0.05, 0.1) is 18.8 Å². The summed E-state index contributed by atoms with van der Waals surface area (Å²) in [7, 11) is 0. The Kier molecular flexibility index (Phi) is 10.0. The second kappa shape index (κ2) is 14.1. The van der Waals surface area contributed by atoms with Crippen LogP contribution in [-0.4, -0.2) is 41.1 Å². The first kappa shape index (κ1) is 29.2. The van der Waals surface area contributed by atoms with Gasteiger partial charge in [-0.05, 0) is 40.7 Å². The van der Waals surface area contributed by atoms with Crippen molar-refractivity contribution < 1.29 is 19.4 Å². The molecule has 1 heterocycles. The van der Waals surface area contributed by atoms with Crippen molar-refractivity contribution in [2.24, 2.45) is 0 Å². The summed E-state index contributed by atoms with van der Waals surface area (Å²) < 4.78 is 13.2. The van der Waals surface area contributed by atoms with Gasteiger partial charge < -0.3 is 19.9 Å². The number of ether oxygens (including phenoxy) is 2. The Morgan fingerprint density at radius 2 is 1.71 bits per heavy atom. The summed E-state index contributed by atoms with van der Waals surface area (Å²) in [5.41, 5.74) is 6.21. The Bertz CT molecular complexity index is 1280. The highest BCUT2D eigenvalue weighted by atomic mass is 16.7. The van der Waals surface area contributed by atoms with Crippen LogP contribution in [0, 0.1) is 0 Å². The zero-order chi connectivity index (χ0) is 28.6. The maximum Gasteiger partial charge on any atom is 0.217 e. The average Bonchev–Trinajstić information content (AvgIpc) is 3.55. The molecule has 41 heavy (non-hydrogen) atoms. The first-order valence-corrected chi connectivity index (χ1v) is 14.8.